The number of rotatable bonds is 4. The SMILES string of the molecule is CC[C@@]1(c2ccc(Br)cc2)C(=O)O[C@@H]1c1ccccc1[N+](=O)[O-]. The summed E-state index contributed by atoms with van der Waals surface area (Å²) in [6.45, 7) is 1.89. The maximum Gasteiger partial charge on any atom is 0.321 e. The summed E-state index contributed by atoms with van der Waals surface area (Å²) in [6, 6.07) is 13.8. The van der Waals surface area contributed by atoms with Gasteiger partial charge in [0.1, 0.15) is 5.41 Å². The van der Waals surface area contributed by atoms with Crippen LogP contribution in [0.2, 0.25) is 0 Å². The molecule has 1 aliphatic heterocycles. The van der Waals surface area contributed by atoms with E-state index in [4.69, 9.17) is 4.74 Å². The van der Waals surface area contributed by atoms with Crippen molar-refractivity contribution in [2.75, 3.05) is 0 Å². The topological polar surface area (TPSA) is 69.4 Å². The first-order valence-electron chi connectivity index (χ1n) is 7.21. The van der Waals surface area contributed by atoms with Crippen molar-refractivity contribution in [1.29, 1.82) is 0 Å². The number of hydrogen-bond donors (Lipinski definition) is 0. The standard InChI is InChI=1S/C17H14BrNO4/c1-2-17(11-7-9-12(18)10-8-11)15(23-16(17)20)13-5-3-4-6-14(13)19(21)22/h3-10,15H,2H2,1H3/t15-,17+/m1/s1. The summed E-state index contributed by atoms with van der Waals surface area (Å²) >= 11 is 3.37. The van der Waals surface area contributed by atoms with E-state index in [9.17, 15) is 14.9 Å². The summed E-state index contributed by atoms with van der Waals surface area (Å²) in [5.74, 6) is -0.342. The van der Waals surface area contributed by atoms with Crippen LogP contribution in [0.1, 0.15) is 30.6 Å². The summed E-state index contributed by atoms with van der Waals surface area (Å²) in [6.07, 6.45) is -0.146. The van der Waals surface area contributed by atoms with E-state index >= 15 is 0 Å². The van der Waals surface area contributed by atoms with Gasteiger partial charge in [-0.05, 0) is 30.2 Å². The zero-order chi connectivity index (χ0) is 16.6. The monoisotopic (exact) mass is 375 g/mol. The molecule has 0 radical (unpaired) electrons. The lowest BCUT2D eigenvalue weighted by molar-refractivity contribution is -0.386. The molecule has 0 saturated carbocycles. The molecule has 1 aliphatic rings. The molecule has 2 aromatic carbocycles. The molecule has 0 bridgehead atoms. The second-order valence-electron chi connectivity index (χ2n) is 5.43. The molecule has 0 amide bonds. The minimum absolute atomic E-state index is 0.0278. The molecule has 6 heteroatoms. The number of para-hydroxylation sites is 1. The van der Waals surface area contributed by atoms with Gasteiger partial charge in [0.15, 0.2) is 6.10 Å². The van der Waals surface area contributed by atoms with Crippen LogP contribution in [0.3, 0.4) is 0 Å². The molecule has 0 unspecified atom stereocenters. The highest BCUT2D eigenvalue weighted by molar-refractivity contribution is 9.10. The van der Waals surface area contributed by atoms with E-state index in [1.165, 1.54) is 6.07 Å². The lowest BCUT2D eigenvalue weighted by atomic mass is 9.67. The van der Waals surface area contributed by atoms with E-state index in [0.29, 0.717) is 12.0 Å². The Hall–Kier alpha value is -2.21. The summed E-state index contributed by atoms with van der Waals surface area (Å²) in [5.41, 5.74) is 0.330. The molecule has 5 nitrogen and oxygen atoms in total. The Morgan fingerprint density at radius 3 is 2.43 bits per heavy atom. The van der Waals surface area contributed by atoms with Crippen LogP contribution in [-0.2, 0) is 14.9 Å². The van der Waals surface area contributed by atoms with Gasteiger partial charge < -0.3 is 4.74 Å². The van der Waals surface area contributed by atoms with Crippen molar-refractivity contribution < 1.29 is 14.5 Å². The first-order valence-corrected chi connectivity index (χ1v) is 8.00. The molecule has 2 aromatic rings. The highest BCUT2D eigenvalue weighted by Crippen LogP contribution is 2.53. The Kier molecular flexibility index (Phi) is 3.93. The largest absolute Gasteiger partial charge is 0.455 e. The van der Waals surface area contributed by atoms with Gasteiger partial charge in [-0.3, -0.25) is 14.9 Å². The summed E-state index contributed by atoms with van der Waals surface area (Å²) in [7, 11) is 0. The predicted molar refractivity (Wildman–Crippen MR) is 88.0 cm³/mol. The molecular formula is C17H14BrNO4. The van der Waals surface area contributed by atoms with Crippen LogP contribution >= 0.6 is 15.9 Å². The Labute approximate surface area is 141 Å². The third-order valence-electron chi connectivity index (χ3n) is 4.37. The highest BCUT2D eigenvalue weighted by Gasteiger charge is 2.60. The van der Waals surface area contributed by atoms with Crippen LogP contribution in [0, 0.1) is 10.1 Å². The van der Waals surface area contributed by atoms with Gasteiger partial charge in [0.2, 0.25) is 0 Å². The van der Waals surface area contributed by atoms with Crippen LogP contribution in [-0.4, -0.2) is 10.9 Å². The number of benzene rings is 2. The van der Waals surface area contributed by atoms with Crippen molar-refractivity contribution in [3.63, 3.8) is 0 Å². The Balaban J connectivity index is 2.12. The van der Waals surface area contributed by atoms with E-state index in [-0.39, 0.29) is 11.7 Å². The van der Waals surface area contributed by atoms with Crippen LogP contribution in [0.4, 0.5) is 5.69 Å². The van der Waals surface area contributed by atoms with Gasteiger partial charge in [-0.25, -0.2) is 0 Å². The van der Waals surface area contributed by atoms with Crippen LogP contribution < -0.4 is 0 Å². The van der Waals surface area contributed by atoms with Crippen molar-refractivity contribution in [3.8, 4) is 0 Å². The fraction of sp³-hybridized carbons (Fsp3) is 0.235. The van der Waals surface area contributed by atoms with Gasteiger partial charge in [0.05, 0.1) is 10.5 Å². The maximum absolute atomic E-state index is 12.3. The van der Waals surface area contributed by atoms with E-state index in [1.54, 1.807) is 18.2 Å². The molecular weight excluding hydrogens is 362 g/mol. The van der Waals surface area contributed by atoms with Gasteiger partial charge in [-0.1, -0.05) is 47.1 Å². The number of hydrogen-bond acceptors (Lipinski definition) is 4. The van der Waals surface area contributed by atoms with Gasteiger partial charge in [0, 0.05) is 10.5 Å². The number of halogens is 1. The van der Waals surface area contributed by atoms with Crippen molar-refractivity contribution in [1.82, 2.24) is 0 Å². The van der Waals surface area contributed by atoms with Crippen LogP contribution in [0.5, 0.6) is 0 Å². The Morgan fingerprint density at radius 2 is 1.87 bits per heavy atom. The van der Waals surface area contributed by atoms with Crippen molar-refractivity contribution in [3.05, 3.63) is 74.2 Å². The fourth-order valence-corrected chi connectivity index (χ4v) is 3.38. The van der Waals surface area contributed by atoms with Crippen molar-refractivity contribution >= 4 is 27.6 Å². The molecule has 1 saturated heterocycles. The number of esters is 1. The molecule has 3 rings (SSSR count). The van der Waals surface area contributed by atoms with Crippen molar-refractivity contribution in [2.24, 2.45) is 0 Å². The number of cyclic esters (lactones) is 1. The molecule has 118 valence electrons. The molecule has 2 atom stereocenters. The lowest BCUT2D eigenvalue weighted by Gasteiger charge is -2.46. The third-order valence-corrected chi connectivity index (χ3v) is 4.90. The van der Waals surface area contributed by atoms with Crippen molar-refractivity contribution in [2.45, 2.75) is 24.9 Å². The van der Waals surface area contributed by atoms with Crippen LogP contribution in [0.25, 0.3) is 0 Å². The van der Waals surface area contributed by atoms with Gasteiger partial charge >= 0.3 is 5.97 Å². The smallest absolute Gasteiger partial charge is 0.321 e. The number of nitro benzene ring substituents is 1. The minimum Gasteiger partial charge on any atom is -0.455 e. The van der Waals surface area contributed by atoms with E-state index in [2.05, 4.69) is 15.9 Å². The fourth-order valence-electron chi connectivity index (χ4n) is 3.12. The zero-order valence-electron chi connectivity index (χ0n) is 12.4. The summed E-state index contributed by atoms with van der Waals surface area (Å²) in [4.78, 5) is 23.2. The predicted octanol–water partition coefficient (Wildman–Crippen LogP) is 4.30. The normalized spacial score (nSPS) is 23.0. The minimum atomic E-state index is -0.882. The quantitative estimate of drug-likeness (QED) is 0.453. The van der Waals surface area contributed by atoms with Gasteiger partial charge in [-0.2, -0.15) is 0 Å². The summed E-state index contributed by atoms with van der Waals surface area (Å²) in [5, 5.41) is 11.3. The maximum atomic E-state index is 12.3. The first-order chi connectivity index (χ1) is 11.0. The Bertz CT molecular complexity index is 774. The van der Waals surface area contributed by atoms with E-state index in [1.807, 2.05) is 31.2 Å². The second kappa shape index (κ2) is 5.77. The third kappa shape index (κ3) is 2.34. The first kappa shape index (κ1) is 15.7. The number of ether oxygens (including phenoxy) is 1. The number of nitrogens with zero attached hydrogens (tertiary/aromatic N) is 1. The number of carbonyl (C=O) groups is 1. The molecule has 1 heterocycles. The molecule has 23 heavy (non-hydrogen) atoms. The average Bonchev–Trinajstić information content (AvgIpc) is 2.55. The van der Waals surface area contributed by atoms with E-state index < -0.39 is 16.4 Å². The highest BCUT2D eigenvalue weighted by atomic mass is 79.9. The number of nitro groups is 1. The van der Waals surface area contributed by atoms with E-state index in [0.717, 1.165) is 10.0 Å². The van der Waals surface area contributed by atoms with Crippen LogP contribution in [0.15, 0.2) is 53.0 Å². The van der Waals surface area contributed by atoms with Gasteiger partial charge in [-0.15, -0.1) is 0 Å². The lowest BCUT2D eigenvalue weighted by Crippen LogP contribution is -2.54. The molecule has 0 aliphatic carbocycles. The summed E-state index contributed by atoms with van der Waals surface area (Å²) < 4.78 is 6.26. The average molecular weight is 376 g/mol. The molecule has 1 fully saturated rings. The van der Waals surface area contributed by atoms with Gasteiger partial charge in [0.25, 0.3) is 5.69 Å². The Morgan fingerprint density at radius 1 is 1.22 bits per heavy atom. The number of carbonyl (C=O) groups excluding carboxylic acids is 1. The molecule has 0 spiro atoms. The second-order valence-corrected chi connectivity index (χ2v) is 6.35. The zero-order valence-corrected chi connectivity index (χ0v) is 13.9. The molecule has 0 N–H and O–H groups in total. The molecule has 0 aromatic heterocycles.